The third-order valence-electron chi connectivity index (χ3n) is 5.73. The van der Waals surface area contributed by atoms with E-state index in [-0.39, 0.29) is 24.6 Å². The van der Waals surface area contributed by atoms with E-state index in [1.807, 2.05) is 11.1 Å². The number of carbonyl (C=O) groups is 1. The Kier molecular flexibility index (Phi) is 8.73. The molecule has 0 saturated carbocycles. The minimum absolute atomic E-state index is 0.0228. The van der Waals surface area contributed by atoms with Crippen LogP contribution in [0.25, 0.3) is 16.9 Å². The van der Waals surface area contributed by atoms with E-state index >= 15 is 0 Å². The van der Waals surface area contributed by atoms with Crippen molar-refractivity contribution < 1.29 is 17.9 Å². The average molecular weight is 567 g/mol. The van der Waals surface area contributed by atoms with Crippen molar-refractivity contribution in [3.8, 4) is 22.7 Å². The van der Waals surface area contributed by atoms with Crippen LogP contribution in [0.4, 0.5) is 0 Å². The van der Waals surface area contributed by atoms with Gasteiger partial charge in [-0.05, 0) is 37.1 Å². The molecule has 0 radical (unpaired) electrons. The number of hydrogen-bond donors (Lipinski definition) is 2. The lowest BCUT2D eigenvalue weighted by molar-refractivity contribution is 0.0816. The third kappa shape index (κ3) is 6.43. The summed E-state index contributed by atoms with van der Waals surface area (Å²) in [6, 6.07) is 14.1. The van der Waals surface area contributed by atoms with Crippen molar-refractivity contribution in [3.63, 3.8) is 0 Å². The molecule has 10 nitrogen and oxygen atoms in total. The normalized spacial score (nSPS) is 14.3. The summed E-state index contributed by atoms with van der Waals surface area (Å²) in [5.41, 5.74) is 4.66. The largest absolute Gasteiger partial charge is 0.487 e. The Hall–Kier alpha value is -2.67. The highest BCUT2D eigenvalue weighted by molar-refractivity contribution is 7.87. The predicted molar refractivity (Wildman–Crippen MR) is 143 cm³/mol. The number of nitrogens with zero attached hydrogens (tertiary/aromatic N) is 4. The molecule has 0 atom stereocenters. The Labute approximate surface area is 226 Å². The fraction of sp³-hybridized carbons (Fsp3) is 0.333. The molecule has 2 aromatic carbocycles. The molecule has 2 heterocycles. The van der Waals surface area contributed by atoms with Gasteiger partial charge in [-0.25, -0.2) is 9.69 Å². The van der Waals surface area contributed by atoms with E-state index < -0.39 is 16.1 Å². The van der Waals surface area contributed by atoms with Crippen molar-refractivity contribution in [1.82, 2.24) is 29.2 Å². The first-order valence-electron chi connectivity index (χ1n) is 11.7. The van der Waals surface area contributed by atoms with Crippen LogP contribution >= 0.6 is 23.2 Å². The van der Waals surface area contributed by atoms with Gasteiger partial charge in [-0.2, -0.15) is 22.5 Å². The SMILES string of the molecule is CN(C)S(=O)(=O)NCCOc1c(C(=O)NN2CCCC2)nn(-c2ccccc2Cl)c1-c1ccc(Cl)cc1. The zero-order valence-electron chi connectivity index (χ0n) is 20.4. The van der Waals surface area contributed by atoms with Crippen molar-refractivity contribution in [3.05, 3.63) is 64.3 Å². The maximum Gasteiger partial charge on any atom is 0.289 e. The number of hydrazine groups is 1. The van der Waals surface area contributed by atoms with Crippen LogP contribution in [-0.2, 0) is 10.2 Å². The number of ether oxygens (including phenoxy) is 1. The smallest absolute Gasteiger partial charge is 0.289 e. The summed E-state index contributed by atoms with van der Waals surface area (Å²) < 4.78 is 35.4. The van der Waals surface area contributed by atoms with Crippen LogP contribution in [0.5, 0.6) is 5.75 Å². The van der Waals surface area contributed by atoms with Gasteiger partial charge in [0, 0.05) is 44.3 Å². The van der Waals surface area contributed by atoms with Gasteiger partial charge >= 0.3 is 0 Å². The molecule has 1 aromatic heterocycles. The number of para-hydroxylation sites is 1. The molecule has 3 aromatic rings. The minimum Gasteiger partial charge on any atom is -0.487 e. The maximum atomic E-state index is 13.4. The average Bonchev–Trinajstić information content (AvgIpc) is 3.50. The van der Waals surface area contributed by atoms with Crippen LogP contribution < -0.4 is 14.9 Å². The highest BCUT2D eigenvalue weighted by Gasteiger charge is 2.29. The Morgan fingerprint density at radius 3 is 2.41 bits per heavy atom. The summed E-state index contributed by atoms with van der Waals surface area (Å²) in [5, 5.41) is 7.44. The summed E-state index contributed by atoms with van der Waals surface area (Å²) in [4.78, 5) is 13.4. The molecule has 198 valence electrons. The van der Waals surface area contributed by atoms with Crippen LogP contribution in [0.15, 0.2) is 48.5 Å². The van der Waals surface area contributed by atoms with Gasteiger partial charge in [-0.15, -0.1) is 0 Å². The number of aromatic nitrogens is 2. The van der Waals surface area contributed by atoms with Crippen LogP contribution in [-0.4, -0.2) is 73.8 Å². The minimum atomic E-state index is -3.64. The lowest BCUT2D eigenvalue weighted by atomic mass is 10.1. The Bertz CT molecular complexity index is 1360. The number of hydrogen-bond acceptors (Lipinski definition) is 6. The molecular weight excluding hydrogens is 539 g/mol. The molecule has 2 N–H and O–H groups in total. The quantitative estimate of drug-likeness (QED) is 0.364. The fourth-order valence-corrected chi connectivity index (χ4v) is 4.77. The second kappa shape index (κ2) is 11.8. The highest BCUT2D eigenvalue weighted by atomic mass is 35.5. The monoisotopic (exact) mass is 566 g/mol. The lowest BCUT2D eigenvalue weighted by Crippen LogP contribution is -2.40. The molecule has 1 amide bonds. The first-order chi connectivity index (χ1) is 17.7. The highest BCUT2D eigenvalue weighted by Crippen LogP contribution is 2.37. The lowest BCUT2D eigenvalue weighted by Gasteiger charge is -2.16. The van der Waals surface area contributed by atoms with E-state index in [2.05, 4.69) is 15.2 Å². The Morgan fingerprint density at radius 2 is 1.76 bits per heavy atom. The van der Waals surface area contributed by atoms with E-state index in [9.17, 15) is 13.2 Å². The number of nitrogens with one attached hydrogen (secondary N) is 2. The van der Waals surface area contributed by atoms with Crippen LogP contribution in [0.2, 0.25) is 10.0 Å². The first-order valence-corrected chi connectivity index (χ1v) is 13.9. The van der Waals surface area contributed by atoms with Gasteiger partial charge in [-0.3, -0.25) is 10.2 Å². The van der Waals surface area contributed by atoms with E-state index in [4.69, 9.17) is 27.9 Å². The summed E-state index contributed by atoms with van der Waals surface area (Å²) in [6.45, 7) is 1.41. The second-order valence-corrected chi connectivity index (χ2v) is 11.4. The topological polar surface area (TPSA) is 109 Å². The molecule has 0 unspecified atom stereocenters. The molecule has 37 heavy (non-hydrogen) atoms. The van der Waals surface area contributed by atoms with Crippen molar-refractivity contribution in [2.45, 2.75) is 12.8 Å². The molecular formula is C24H28Cl2N6O4S. The number of benzene rings is 2. The zero-order valence-corrected chi connectivity index (χ0v) is 22.8. The van der Waals surface area contributed by atoms with E-state index in [1.54, 1.807) is 47.1 Å². The molecule has 13 heteroatoms. The molecule has 1 aliphatic heterocycles. The fourth-order valence-electron chi connectivity index (χ4n) is 3.83. The van der Waals surface area contributed by atoms with Gasteiger partial charge < -0.3 is 4.74 Å². The first kappa shape index (κ1) is 27.4. The molecule has 4 rings (SSSR count). The molecule has 0 bridgehead atoms. The van der Waals surface area contributed by atoms with Gasteiger partial charge in [0.15, 0.2) is 11.4 Å². The number of carbonyl (C=O) groups excluding carboxylic acids is 1. The molecule has 0 aliphatic carbocycles. The van der Waals surface area contributed by atoms with Crippen molar-refractivity contribution in [2.24, 2.45) is 0 Å². The standard InChI is InChI=1S/C24H28Cl2N6O4S/c1-30(2)37(34,35)27-13-16-36-23-21(24(33)29-31-14-5-6-15-31)28-32(20-8-4-3-7-19(20)26)22(23)17-9-11-18(25)12-10-17/h3-4,7-12,27H,5-6,13-16H2,1-2H3,(H,29,33). The number of amides is 1. The predicted octanol–water partition coefficient (Wildman–Crippen LogP) is 3.36. The number of rotatable bonds is 10. The van der Waals surface area contributed by atoms with Crippen molar-refractivity contribution in [1.29, 1.82) is 0 Å². The summed E-state index contributed by atoms with van der Waals surface area (Å²) in [5.74, 6) is -0.241. The van der Waals surface area contributed by atoms with Gasteiger partial charge in [0.1, 0.15) is 12.3 Å². The van der Waals surface area contributed by atoms with Gasteiger partial charge in [0.05, 0.1) is 10.7 Å². The van der Waals surface area contributed by atoms with E-state index in [0.29, 0.717) is 27.0 Å². The van der Waals surface area contributed by atoms with Crippen LogP contribution in [0.3, 0.4) is 0 Å². The summed E-state index contributed by atoms with van der Waals surface area (Å²) in [7, 11) is -0.787. The van der Waals surface area contributed by atoms with Crippen LogP contribution in [0.1, 0.15) is 23.3 Å². The Balaban J connectivity index is 1.78. The van der Waals surface area contributed by atoms with Gasteiger partial charge in [0.25, 0.3) is 16.1 Å². The second-order valence-electron chi connectivity index (χ2n) is 8.56. The van der Waals surface area contributed by atoms with Gasteiger partial charge in [-0.1, -0.05) is 47.5 Å². The maximum absolute atomic E-state index is 13.4. The van der Waals surface area contributed by atoms with Crippen LogP contribution in [0, 0.1) is 0 Å². The Morgan fingerprint density at radius 1 is 1.08 bits per heavy atom. The van der Waals surface area contributed by atoms with Crippen molar-refractivity contribution >= 4 is 39.3 Å². The van der Waals surface area contributed by atoms with Crippen molar-refractivity contribution in [2.75, 3.05) is 40.3 Å². The molecule has 1 aliphatic rings. The number of halogens is 2. The summed E-state index contributed by atoms with van der Waals surface area (Å²) in [6.07, 6.45) is 1.97. The molecule has 1 fully saturated rings. The van der Waals surface area contributed by atoms with E-state index in [0.717, 1.165) is 30.2 Å². The van der Waals surface area contributed by atoms with E-state index in [1.165, 1.54) is 14.1 Å². The molecule has 0 spiro atoms. The van der Waals surface area contributed by atoms with Gasteiger partial charge in [0.2, 0.25) is 0 Å². The third-order valence-corrected chi connectivity index (χ3v) is 7.84. The zero-order chi connectivity index (χ0) is 26.6. The molecule has 1 saturated heterocycles. The summed E-state index contributed by atoms with van der Waals surface area (Å²) >= 11 is 12.6.